The predicted octanol–water partition coefficient (Wildman–Crippen LogP) is 3.49. The molecule has 2 unspecified atom stereocenters. The maximum absolute atomic E-state index is 6.55. The number of benzene rings is 1. The Balaban J connectivity index is 2.26. The van der Waals surface area contributed by atoms with E-state index in [4.69, 9.17) is 33.7 Å². The average Bonchev–Trinajstić information content (AvgIpc) is 2.49. The summed E-state index contributed by atoms with van der Waals surface area (Å²) in [6, 6.07) is 5.55. The van der Waals surface area contributed by atoms with Crippen molar-refractivity contribution < 1.29 is 4.74 Å². The third-order valence-corrected chi connectivity index (χ3v) is 5.16. The highest BCUT2D eigenvalue weighted by Crippen LogP contribution is 2.35. The highest BCUT2D eigenvalue weighted by Gasteiger charge is 2.37. The Labute approximate surface area is 131 Å². The molecule has 0 bridgehead atoms. The topological polar surface area (TPSA) is 38.5 Å². The Kier molecular flexibility index (Phi) is 5.32. The summed E-state index contributed by atoms with van der Waals surface area (Å²) < 4.78 is 5.44. The van der Waals surface area contributed by atoms with E-state index in [0.717, 1.165) is 38.3 Å². The van der Waals surface area contributed by atoms with Gasteiger partial charge in [-0.3, -0.25) is 4.90 Å². The molecule has 3 nitrogen and oxygen atoms in total. The lowest BCUT2D eigenvalue weighted by Crippen LogP contribution is -2.56. The lowest BCUT2D eigenvalue weighted by Gasteiger charge is -2.46. The van der Waals surface area contributed by atoms with E-state index in [2.05, 4.69) is 18.7 Å². The molecule has 0 spiro atoms. The van der Waals surface area contributed by atoms with Gasteiger partial charge < -0.3 is 10.5 Å². The highest BCUT2D eigenvalue weighted by molar-refractivity contribution is 6.42. The van der Waals surface area contributed by atoms with E-state index in [1.54, 1.807) is 0 Å². The zero-order chi connectivity index (χ0) is 14.8. The Bertz CT molecular complexity index is 463. The van der Waals surface area contributed by atoms with E-state index in [1.807, 2.05) is 18.2 Å². The van der Waals surface area contributed by atoms with Crippen LogP contribution >= 0.6 is 23.2 Å². The van der Waals surface area contributed by atoms with Gasteiger partial charge in [-0.15, -0.1) is 0 Å². The van der Waals surface area contributed by atoms with Gasteiger partial charge >= 0.3 is 0 Å². The van der Waals surface area contributed by atoms with Gasteiger partial charge in [0.2, 0.25) is 0 Å². The fourth-order valence-corrected chi connectivity index (χ4v) is 3.09. The van der Waals surface area contributed by atoms with Gasteiger partial charge in [0.05, 0.1) is 23.3 Å². The summed E-state index contributed by atoms with van der Waals surface area (Å²) in [4.78, 5) is 2.42. The predicted molar refractivity (Wildman–Crippen MR) is 84.5 cm³/mol. The first-order chi connectivity index (χ1) is 9.49. The smallest absolute Gasteiger partial charge is 0.0595 e. The Morgan fingerprint density at radius 1 is 1.30 bits per heavy atom. The normalized spacial score (nSPS) is 21.4. The van der Waals surface area contributed by atoms with E-state index in [-0.39, 0.29) is 11.6 Å². The lowest BCUT2D eigenvalue weighted by molar-refractivity contribution is -0.0277. The third kappa shape index (κ3) is 3.12. The molecule has 0 aromatic heterocycles. The van der Waals surface area contributed by atoms with Crippen LogP contribution in [-0.2, 0) is 4.74 Å². The van der Waals surface area contributed by atoms with Crippen molar-refractivity contribution in [3.8, 4) is 0 Å². The molecule has 2 N–H and O–H groups in total. The van der Waals surface area contributed by atoms with E-state index >= 15 is 0 Å². The van der Waals surface area contributed by atoms with Crippen molar-refractivity contribution in [2.75, 3.05) is 26.3 Å². The number of nitrogens with two attached hydrogens (primary N) is 1. The van der Waals surface area contributed by atoms with Crippen LogP contribution in [-0.4, -0.2) is 36.7 Å². The number of ether oxygens (including phenoxy) is 1. The number of rotatable bonds is 4. The molecular weight excluding hydrogens is 295 g/mol. The van der Waals surface area contributed by atoms with Gasteiger partial charge in [0.1, 0.15) is 0 Å². The SMILES string of the molecule is CCC(C)(C(N)c1ccc(Cl)c(Cl)c1)N1CCOCC1. The Morgan fingerprint density at radius 3 is 2.50 bits per heavy atom. The average molecular weight is 317 g/mol. The van der Waals surface area contributed by atoms with Crippen molar-refractivity contribution in [3.63, 3.8) is 0 Å². The summed E-state index contributed by atoms with van der Waals surface area (Å²) in [5.74, 6) is 0. The van der Waals surface area contributed by atoms with Crippen LogP contribution in [0.25, 0.3) is 0 Å². The molecule has 20 heavy (non-hydrogen) atoms. The van der Waals surface area contributed by atoms with Crippen LogP contribution < -0.4 is 5.73 Å². The van der Waals surface area contributed by atoms with Crippen LogP contribution in [0.15, 0.2) is 18.2 Å². The lowest BCUT2D eigenvalue weighted by atomic mass is 9.83. The van der Waals surface area contributed by atoms with E-state index in [0.29, 0.717) is 10.0 Å². The van der Waals surface area contributed by atoms with Crippen LogP contribution in [0.2, 0.25) is 10.0 Å². The molecule has 2 atom stereocenters. The van der Waals surface area contributed by atoms with Gasteiger partial charge in [0, 0.05) is 24.7 Å². The highest BCUT2D eigenvalue weighted by atomic mass is 35.5. The monoisotopic (exact) mass is 316 g/mol. The summed E-state index contributed by atoms with van der Waals surface area (Å²) in [7, 11) is 0. The van der Waals surface area contributed by atoms with Crippen molar-refractivity contribution in [1.29, 1.82) is 0 Å². The largest absolute Gasteiger partial charge is 0.379 e. The standard InChI is InChI=1S/C15H22Cl2N2O/c1-3-15(2,19-6-8-20-9-7-19)14(18)11-4-5-12(16)13(17)10-11/h4-5,10,14H,3,6-9,18H2,1-2H3. The minimum atomic E-state index is -0.111. The fourth-order valence-electron chi connectivity index (χ4n) is 2.78. The van der Waals surface area contributed by atoms with Gasteiger partial charge in [-0.1, -0.05) is 36.2 Å². The number of hydrogen-bond acceptors (Lipinski definition) is 3. The molecule has 0 radical (unpaired) electrons. The summed E-state index contributed by atoms with van der Waals surface area (Å²) in [5.41, 5.74) is 7.46. The first kappa shape index (κ1) is 16.1. The molecule has 1 aromatic rings. The second-order valence-electron chi connectivity index (χ2n) is 5.46. The van der Waals surface area contributed by atoms with Crippen molar-refractivity contribution in [2.45, 2.75) is 31.8 Å². The molecule has 0 saturated carbocycles. The summed E-state index contributed by atoms with van der Waals surface area (Å²) >= 11 is 12.1. The zero-order valence-corrected chi connectivity index (χ0v) is 13.5. The first-order valence-corrected chi connectivity index (χ1v) is 7.78. The van der Waals surface area contributed by atoms with Crippen molar-refractivity contribution in [2.24, 2.45) is 5.73 Å². The maximum atomic E-state index is 6.55. The number of nitrogens with zero attached hydrogens (tertiary/aromatic N) is 1. The minimum absolute atomic E-state index is 0.110. The molecule has 1 aliphatic heterocycles. The van der Waals surface area contributed by atoms with E-state index in [9.17, 15) is 0 Å². The van der Waals surface area contributed by atoms with Crippen LogP contribution in [0.5, 0.6) is 0 Å². The summed E-state index contributed by atoms with van der Waals surface area (Å²) in [6.07, 6.45) is 0.967. The zero-order valence-electron chi connectivity index (χ0n) is 12.0. The number of halogens is 2. The molecule has 0 amide bonds. The Morgan fingerprint density at radius 2 is 1.95 bits per heavy atom. The van der Waals surface area contributed by atoms with Crippen molar-refractivity contribution in [3.05, 3.63) is 33.8 Å². The van der Waals surface area contributed by atoms with Gasteiger partial charge in [0.25, 0.3) is 0 Å². The molecule has 1 heterocycles. The van der Waals surface area contributed by atoms with Gasteiger partial charge in [-0.05, 0) is 31.0 Å². The van der Waals surface area contributed by atoms with Crippen LogP contribution in [0.3, 0.4) is 0 Å². The summed E-state index contributed by atoms with van der Waals surface area (Å²) in [5, 5.41) is 1.12. The second kappa shape index (κ2) is 6.63. The third-order valence-electron chi connectivity index (χ3n) is 4.42. The quantitative estimate of drug-likeness (QED) is 0.924. The van der Waals surface area contributed by atoms with Gasteiger partial charge in [-0.25, -0.2) is 0 Å². The van der Waals surface area contributed by atoms with Crippen LogP contribution in [0.1, 0.15) is 31.9 Å². The Hall–Kier alpha value is -0.320. The van der Waals surface area contributed by atoms with Crippen molar-refractivity contribution >= 4 is 23.2 Å². The molecular formula is C15H22Cl2N2O. The van der Waals surface area contributed by atoms with Crippen LogP contribution in [0.4, 0.5) is 0 Å². The van der Waals surface area contributed by atoms with Crippen molar-refractivity contribution in [1.82, 2.24) is 4.90 Å². The molecule has 2 rings (SSSR count). The second-order valence-corrected chi connectivity index (χ2v) is 6.28. The van der Waals surface area contributed by atoms with E-state index in [1.165, 1.54) is 0 Å². The fraction of sp³-hybridized carbons (Fsp3) is 0.600. The van der Waals surface area contributed by atoms with Gasteiger partial charge in [-0.2, -0.15) is 0 Å². The first-order valence-electron chi connectivity index (χ1n) is 7.02. The molecule has 1 fully saturated rings. The summed E-state index contributed by atoms with van der Waals surface area (Å²) in [6.45, 7) is 7.75. The minimum Gasteiger partial charge on any atom is -0.379 e. The molecule has 1 aliphatic rings. The molecule has 5 heteroatoms. The maximum Gasteiger partial charge on any atom is 0.0595 e. The molecule has 1 saturated heterocycles. The molecule has 0 aliphatic carbocycles. The number of hydrogen-bond donors (Lipinski definition) is 1. The number of morpholine rings is 1. The molecule has 1 aromatic carbocycles. The van der Waals surface area contributed by atoms with Crippen LogP contribution in [0, 0.1) is 0 Å². The van der Waals surface area contributed by atoms with Gasteiger partial charge in [0.15, 0.2) is 0 Å². The molecule has 112 valence electrons. The van der Waals surface area contributed by atoms with E-state index < -0.39 is 0 Å².